The van der Waals surface area contributed by atoms with Crippen molar-refractivity contribution < 1.29 is 32.2 Å². The fourth-order valence-electron chi connectivity index (χ4n) is 5.76. The molecule has 6 rings (SSSR count). The van der Waals surface area contributed by atoms with Crippen LogP contribution in [0.15, 0.2) is 66.9 Å². The van der Waals surface area contributed by atoms with Gasteiger partial charge in [-0.3, -0.25) is 9.69 Å². The van der Waals surface area contributed by atoms with E-state index in [-0.39, 0.29) is 23.5 Å². The number of carbonyl (C=O) groups is 2. The van der Waals surface area contributed by atoms with E-state index in [1.54, 1.807) is 34.1 Å². The Morgan fingerprint density at radius 2 is 1.84 bits per heavy atom. The number of anilines is 2. The van der Waals surface area contributed by atoms with Gasteiger partial charge in [0.05, 0.1) is 24.0 Å². The zero-order valence-corrected chi connectivity index (χ0v) is 24.1. The lowest BCUT2D eigenvalue weighted by molar-refractivity contribution is -0.138. The number of halogens is 3. The van der Waals surface area contributed by atoms with Crippen molar-refractivity contribution in [1.82, 2.24) is 9.88 Å². The van der Waals surface area contributed by atoms with Gasteiger partial charge in [0.25, 0.3) is 5.91 Å². The number of benzene rings is 2. The number of nitrogens with zero attached hydrogens (tertiary/aromatic N) is 5. The maximum absolute atomic E-state index is 13.7. The van der Waals surface area contributed by atoms with Crippen LogP contribution in [0.5, 0.6) is 5.75 Å². The molecule has 2 aromatic carbocycles. The Morgan fingerprint density at radius 3 is 2.48 bits per heavy atom. The first kappa shape index (κ1) is 29.4. The van der Waals surface area contributed by atoms with E-state index in [0.29, 0.717) is 43.8 Å². The standard InChI is InChI=1S/C31H26F3N5O4S/c32-31(33,34)25-15-22(17-36-26(25)16-35)38-27(40)30(12-4-13-30)39(28(38)44)21-7-9-23(10-8-21)43-24-11-14-37(18-24)29(41)42-19-20-5-2-1-3-6-20/h1-3,5-10,15,17,24H,4,11-14,18-19H2/t24-/m1/s1. The van der Waals surface area contributed by atoms with Gasteiger partial charge in [0.1, 0.15) is 30.1 Å². The van der Waals surface area contributed by atoms with E-state index in [2.05, 4.69) is 4.98 Å². The number of likely N-dealkylation sites (tertiary alicyclic amines) is 1. The zero-order valence-electron chi connectivity index (χ0n) is 23.3. The highest BCUT2D eigenvalue weighted by atomic mass is 32.1. The molecule has 226 valence electrons. The van der Waals surface area contributed by atoms with Crippen molar-refractivity contribution in [3.63, 3.8) is 0 Å². The maximum atomic E-state index is 13.7. The Morgan fingerprint density at radius 1 is 1.11 bits per heavy atom. The summed E-state index contributed by atoms with van der Waals surface area (Å²) < 4.78 is 52.4. The molecule has 1 saturated carbocycles. The first-order chi connectivity index (χ1) is 21.1. The predicted octanol–water partition coefficient (Wildman–Crippen LogP) is 5.82. The molecule has 0 bridgehead atoms. The fraction of sp³-hybridized carbons (Fsp3) is 0.323. The summed E-state index contributed by atoms with van der Waals surface area (Å²) in [6, 6.07) is 18.6. The van der Waals surface area contributed by atoms with Crippen molar-refractivity contribution in [2.75, 3.05) is 22.9 Å². The molecule has 9 nitrogen and oxygen atoms in total. The van der Waals surface area contributed by atoms with E-state index >= 15 is 0 Å². The third-order valence-electron chi connectivity index (χ3n) is 8.14. The van der Waals surface area contributed by atoms with Crippen LogP contribution in [0.4, 0.5) is 29.3 Å². The van der Waals surface area contributed by atoms with Crippen LogP contribution in [-0.2, 0) is 22.3 Å². The number of nitriles is 1. The van der Waals surface area contributed by atoms with Crippen LogP contribution in [-0.4, -0.2) is 51.7 Å². The summed E-state index contributed by atoms with van der Waals surface area (Å²) in [6.07, 6.45) is -2.07. The molecule has 3 aliphatic rings. The van der Waals surface area contributed by atoms with Crippen LogP contribution in [0.25, 0.3) is 0 Å². The molecular weight excluding hydrogens is 595 g/mol. The van der Waals surface area contributed by atoms with Gasteiger partial charge in [-0.15, -0.1) is 0 Å². The van der Waals surface area contributed by atoms with Crippen molar-refractivity contribution in [1.29, 1.82) is 5.26 Å². The Balaban J connectivity index is 1.14. The SMILES string of the molecule is N#Cc1ncc(N2C(=O)C3(CCC3)N(c3ccc(O[C@@H]4CCN(C(=O)OCc5ccccc5)C4)cc3)C2=S)cc1C(F)(F)F. The van der Waals surface area contributed by atoms with E-state index in [9.17, 15) is 22.8 Å². The number of ether oxygens (including phenoxy) is 2. The molecule has 3 heterocycles. The molecule has 2 aliphatic heterocycles. The number of thiocarbonyl (C=S) groups is 1. The average molecular weight is 622 g/mol. The van der Waals surface area contributed by atoms with E-state index < -0.39 is 35.0 Å². The number of hydrogen-bond acceptors (Lipinski definition) is 7. The first-order valence-electron chi connectivity index (χ1n) is 14.0. The minimum Gasteiger partial charge on any atom is -0.489 e. The van der Waals surface area contributed by atoms with E-state index in [4.69, 9.17) is 27.0 Å². The molecule has 0 radical (unpaired) electrons. The van der Waals surface area contributed by atoms with Gasteiger partial charge >= 0.3 is 12.3 Å². The largest absolute Gasteiger partial charge is 0.489 e. The van der Waals surface area contributed by atoms with E-state index in [1.165, 1.54) is 6.07 Å². The number of carbonyl (C=O) groups excluding carboxylic acids is 2. The van der Waals surface area contributed by atoms with E-state index in [1.807, 2.05) is 30.3 Å². The molecule has 3 aromatic rings. The van der Waals surface area contributed by atoms with Crippen LogP contribution in [0.1, 0.15) is 42.5 Å². The van der Waals surface area contributed by atoms with Crippen molar-refractivity contribution in [2.24, 2.45) is 0 Å². The number of pyridine rings is 1. The highest BCUT2D eigenvalue weighted by Gasteiger charge is 2.59. The second-order valence-corrected chi connectivity index (χ2v) is 11.2. The molecule has 1 aliphatic carbocycles. The summed E-state index contributed by atoms with van der Waals surface area (Å²) in [5.41, 5.74) is -1.68. The van der Waals surface area contributed by atoms with Crippen LogP contribution in [0, 0.1) is 11.3 Å². The van der Waals surface area contributed by atoms with Crippen LogP contribution in [0.3, 0.4) is 0 Å². The Kier molecular flexibility index (Phi) is 7.63. The Labute approximate surface area is 256 Å². The van der Waals surface area contributed by atoms with E-state index in [0.717, 1.165) is 29.1 Å². The van der Waals surface area contributed by atoms with Gasteiger partial charge in [0.15, 0.2) is 10.8 Å². The maximum Gasteiger partial charge on any atom is 0.419 e. The lowest BCUT2D eigenvalue weighted by Crippen LogP contribution is -2.55. The van der Waals surface area contributed by atoms with Crippen molar-refractivity contribution >= 4 is 40.7 Å². The summed E-state index contributed by atoms with van der Waals surface area (Å²) in [7, 11) is 0. The normalized spacial score (nSPS) is 19.2. The molecule has 1 aromatic heterocycles. The topological polar surface area (TPSA) is 99.0 Å². The summed E-state index contributed by atoms with van der Waals surface area (Å²) in [5.74, 6) is 0.124. The second-order valence-electron chi connectivity index (χ2n) is 10.9. The highest BCUT2D eigenvalue weighted by molar-refractivity contribution is 7.81. The van der Waals surface area contributed by atoms with Gasteiger partial charge in [-0.25, -0.2) is 9.78 Å². The molecule has 13 heteroatoms. The van der Waals surface area contributed by atoms with Gasteiger partial charge < -0.3 is 19.3 Å². The molecule has 3 fully saturated rings. The third kappa shape index (κ3) is 5.30. The molecule has 0 N–H and O–H groups in total. The minimum atomic E-state index is -4.83. The number of aromatic nitrogens is 1. The lowest BCUT2D eigenvalue weighted by atomic mass is 9.75. The number of amides is 2. The van der Waals surface area contributed by atoms with Crippen molar-refractivity contribution in [3.05, 3.63) is 83.7 Å². The van der Waals surface area contributed by atoms with Gasteiger partial charge in [-0.1, -0.05) is 30.3 Å². The molecule has 1 spiro atoms. The fourth-order valence-corrected chi connectivity index (χ4v) is 6.22. The second kappa shape index (κ2) is 11.4. The number of alkyl halides is 3. The molecular formula is C31H26F3N5O4S. The van der Waals surface area contributed by atoms with Crippen molar-refractivity contribution in [2.45, 2.75) is 50.1 Å². The molecule has 1 atom stereocenters. The minimum absolute atomic E-state index is 0.0310. The predicted molar refractivity (Wildman–Crippen MR) is 157 cm³/mol. The van der Waals surface area contributed by atoms with Gasteiger partial charge in [0, 0.05) is 18.7 Å². The van der Waals surface area contributed by atoms with Gasteiger partial charge in [-0.2, -0.15) is 18.4 Å². The van der Waals surface area contributed by atoms with Gasteiger partial charge in [0.2, 0.25) is 0 Å². The monoisotopic (exact) mass is 621 g/mol. The smallest absolute Gasteiger partial charge is 0.419 e. The molecule has 2 amide bonds. The van der Waals surface area contributed by atoms with Crippen molar-refractivity contribution in [3.8, 4) is 11.8 Å². The van der Waals surface area contributed by atoms with Crippen LogP contribution < -0.4 is 14.5 Å². The third-order valence-corrected chi connectivity index (χ3v) is 8.51. The molecule has 2 saturated heterocycles. The van der Waals surface area contributed by atoms with Crippen LogP contribution in [0.2, 0.25) is 0 Å². The molecule has 44 heavy (non-hydrogen) atoms. The van der Waals surface area contributed by atoms with Gasteiger partial charge in [-0.05, 0) is 67.4 Å². The Bertz CT molecular complexity index is 1640. The molecule has 0 unspecified atom stereocenters. The average Bonchev–Trinajstić information content (AvgIpc) is 3.55. The summed E-state index contributed by atoms with van der Waals surface area (Å²) >= 11 is 5.67. The number of rotatable bonds is 6. The first-order valence-corrected chi connectivity index (χ1v) is 14.4. The zero-order chi connectivity index (χ0) is 31.1. The Hall–Kier alpha value is -4.70. The summed E-state index contributed by atoms with van der Waals surface area (Å²) in [6.45, 7) is 1.06. The van der Waals surface area contributed by atoms with Crippen LogP contribution >= 0.6 is 12.2 Å². The highest BCUT2D eigenvalue weighted by Crippen LogP contribution is 2.48. The quantitative estimate of drug-likeness (QED) is 0.318. The number of hydrogen-bond donors (Lipinski definition) is 0. The summed E-state index contributed by atoms with van der Waals surface area (Å²) in [4.78, 5) is 34.2. The lowest BCUT2D eigenvalue weighted by Gasteiger charge is -2.43. The summed E-state index contributed by atoms with van der Waals surface area (Å²) in [5, 5.41) is 9.14.